The second kappa shape index (κ2) is 12.1. The predicted octanol–water partition coefficient (Wildman–Crippen LogP) is 10.1. The summed E-state index contributed by atoms with van der Waals surface area (Å²) >= 11 is 0. The highest BCUT2D eigenvalue weighted by molar-refractivity contribution is 5.85. The molecule has 1 saturated carbocycles. The number of ether oxygens (including phenoxy) is 1. The van der Waals surface area contributed by atoms with E-state index >= 15 is 0 Å². The molecule has 3 aromatic carbocycles. The summed E-state index contributed by atoms with van der Waals surface area (Å²) in [6.07, 6.45) is 5.46. The zero-order valence-electron chi connectivity index (χ0n) is 21.5. The van der Waals surface area contributed by atoms with Gasteiger partial charge in [-0.15, -0.1) is 0 Å². The monoisotopic (exact) mass is 558 g/mol. The lowest BCUT2D eigenvalue weighted by molar-refractivity contribution is -0.187. The van der Waals surface area contributed by atoms with Gasteiger partial charge < -0.3 is 4.74 Å². The van der Waals surface area contributed by atoms with E-state index in [9.17, 15) is 35.1 Å². The van der Waals surface area contributed by atoms with E-state index in [0.717, 1.165) is 31.7 Å². The maximum atomic E-state index is 14.8. The molecule has 212 valence electrons. The lowest BCUT2D eigenvalue weighted by atomic mass is 9.77. The molecule has 0 amide bonds. The number of unbranched alkanes of at least 4 members (excludes halogenated alkanes) is 2. The molecule has 0 atom stereocenters. The van der Waals surface area contributed by atoms with E-state index < -0.39 is 63.1 Å². The Hall–Kier alpha value is -2.84. The second-order valence-corrected chi connectivity index (χ2v) is 10.4. The molecular weight excluding hydrogens is 528 g/mol. The van der Waals surface area contributed by atoms with Crippen molar-refractivity contribution in [3.05, 3.63) is 76.4 Å². The molecule has 0 aromatic heterocycles. The Morgan fingerprint density at radius 3 is 2.08 bits per heavy atom. The van der Waals surface area contributed by atoms with Crippen molar-refractivity contribution in [1.29, 1.82) is 0 Å². The third-order valence-electron chi connectivity index (χ3n) is 7.72. The topological polar surface area (TPSA) is 9.23 Å². The van der Waals surface area contributed by atoms with Crippen molar-refractivity contribution in [2.75, 3.05) is 0 Å². The standard InChI is InChI=1S/C30H30F8O/c1-2-3-4-5-17-6-8-18(9-7-17)10-11-19-12-13-22(27(34)26(19)33)30(37,38)39-21-14-20-15-24(32)28(35)29(36)25(20)23(31)16-21/h12-18H,2-11H2,1H3. The van der Waals surface area contributed by atoms with Gasteiger partial charge >= 0.3 is 6.11 Å². The van der Waals surface area contributed by atoms with Gasteiger partial charge in [-0.2, -0.15) is 8.78 Å². The Labute approximate surface area is 222 Å². The van der Waals surface area contributed by atoms with Gasteiger partial charge in [0.1, 0.15) is 17.1 Å². The summed E-state index contributed by atoms with van der Waals surface area (Å²) in [7, 11) is 0. The highest BCUT2D eigenvalue weighted by Crippen LogP contribution is 2.38. The van der Waals surface area contributed by atoms with Crippen molar-refractivity contribution in [3.8, 4) is 5.75 Å². The van der Waals surface area contributed by atoms with Crippen LogP contribution in [0.2, 0.25) is 0 Å². The highest BCUT2D eigenvalue weighted by Gasteiger charge is 2.39. The van der Waals surface area contributed by atoms with Crippen LogP contribution in [0.1, 0.15) is 75.8 Å². The minimum Gasteiger partial charge on any atom is -0.429 e. The smallest absolute Gasteiger partial charge is 0.429 e. The van der Waals surface area contributed by atoms with Crippen LogP contribution in [-0.4, -0.2) is 0 Å². The van der Waals surface area contributed by atoms with Crippen LogP contribution in [0.5, 0.6) is 5.75 Å². The molecule has 9 heteroatoms. The molecule has 3 aromatic rings. The molecule has 0 unspecified atom stereocenters. The fourth-order valence-electron chi connectivity index (χ4n) is 5.48. The van der Waals surface area contributed by atoms with Crippen LogP contribution in [0.4, 0.5) is 35.1 Å². The molecule has 0 N–H and O–H groups in total. The van der Waals surface area contributed by atoms with E-state index in [2.05, 4.69) is 11.7 Å². The quantitative estimate of drug-likeness (QED) is 0.137. The van der Waals surface area contributed by atoms with Crippen LogP contribution in [0.25, 0.3) is 10.8 Å². The number of aryl methyl sites for hydroxylation is 1. The van der Waals surface area contributed by atoms with E-state index in [1.807, 2.05) is 0 Å². The molecule has 1 aliphatic carbocycles. The molecular formula is C30H30F8O. The minimum atomic E-state index is -4.45. The van der Waals surface area contributed by atoms with Crippen molar-refractivity contribution in [3.63, 3.8) is 0 Å². The van der Waals surface area contributed by atoms with Gasteiger partial charge in [0.25, 0.3) is 0 Å². The molecule has 1 fully saturated rings. The van der Waals surface area contributed by atoms with Gasteiger partial charge in [-0.3, -0.25) is 0 Å². The summed E-state index contributed by atoms with van der Waals surface area (Å²) < 4.78 is 119. The zero-order valence-corrected chi connectivity index (χ0v) is 21.5. The molecule has 39 heavy (non-hydrogen) atoms. The van der Waals surface area contributed by atoms with Gasteiger partial charge in [0.15, 0.2) is 29.1 Å². The number of hydrogen-bond acceptors (Lipinski definition) is 1. The molecule has 1 aliphatic rings. The first-order valence-electron chi connectivity index (χ1n) is 13.3. The van der Waals surface area contributed by atoms with Crippen LogP contribution < -0.4 is 4.74 Å². The first-order chi connectivity index (χ1) is 18.5. The van der Waals surface area contributed by atoms with Crippen molar-refractivity contribution >= 4 is 10.8 Å². The Morgan fingerprint density at radius 1 is 0.744 bits per heavy atom. The van der Waals surface area contributed by atoms with Crippen LogP contribution in [0, 0.1) is 46.7 Å². The summed E-state index contributed by atoms with van der Waals surface area (Å²) in [6.45, 7) is 2.17. The number of halogens is 8. The first-order valence-corrected chi connectivity index (χ1v) is 13.3. The third kappa shape index (κ3) is 6.49. The molecule has 0 aliphatic heterocycles. The van der Waals surface area contributed by atoms with Gasteiger partial charge in [0.2, 0.25) is 0 Å². The minimum absolute atomic E-state index is 0.0261. The molecule has 0 heterocycles. The fourth-order valence-corrected chi connectivity index (χ4v) is 5.48. The molecule has 0 bridgehead atoms. The maximum absolute atomic E-state index is 14.8. The summed E-state index contributed by atoms with van der Waals surface area (Å²) in [5.41, 5.74) is -1.44. The van der Waals surface area contributed by atoms with Crippen molar-refractivity contribution in [1.82, 2.24) is 0 Å². The number of fused-ring (bicyclic) bond motifs is 1. The maximum Gasteiger partial charge on any atom is 0.429 e. The average Bonchev–Trinajstić information content (AvgIpc) is 2.88. The van der Waals surface area contributed by atoms with Crippen molar-refractivity contribution in [2.45, 2.75) is 77.2 Å². The average molecular weight is 559 g/mol. The SMILES string of the molecule is CCCCCC1CCC(CCc2ccc(C(F)(F)Oc3cc(F)c4c(F)c(F)c(F)cc4c3)c(F)c2F)CC1. The Balaban J connectivity index is 1.44. The molecule has 4 rings (SSSR count). The number of benzene rings is 3. The van der Waals surface area contributed by atoms with Crippen LogP contribution in [0.15, 0.2) is 30.3 Å². The van der Waals surface area contributed by atoms with Gasteiger partial charge in [-0.25, -0.2) is 26.3 Å². The summed E-state index contributed by atoms with van der Waals surface area (Å²) in [6, 6.07) is 3.19. The first kappa shape index (κ1) is 29.2. The molecule has 1 nitrogen and oxygen atoms in total. The largest absolute Gasteiger partial charge is 0.429 e. The van der Waals surface area contributed by atoms with E-state index in [1.54, 1.807) is 0 Å². The van der Waals surface area contributed by atoms with Gasteiger partial charge in [-0.05, 0) is 53.8 Å². The van der Waals surface area contributed by atoms with E-state index in [0.29, 0.717) is 42.5 Å². The van der Waals surface area contributed by atoms with Crippen molar-refractivity contribution < 1.29 is 39.9 Å². The Morgan fingerprint density at radius 2 is 1.41 bits per heavy atom. The lowest BCUT2D eigenvalue weighted by Gasteiger charge is -2.28. The number of hydrogen-bond donors (Lipinski definition) is 0. The number of alkyl halides is 2. The Kier molecular flexibility index (Phi) is 9.07. The molecule has 0 spiro atoms. The summed E-state index contributed by atoms with van der Waals surface area (Å²) in [5.74, 6) is -9.95. The van der Waals surface area contributed by atoms with E-state index in [4.69, 9.17) is 0 Å². The summed E-state index contributed by atoms with van der Waals surface area (Å²) in [5, 5.41) is -1.55. The predicted molar refractivity (Wildman–Crippen MR) is 133 cm³/mol. The van der Waals surface area contributed by atoms with Crippen LogP contribution >= 0.6 is 0 Å². The molecule has 0 saturated heterocycles. The molecule has 0 radical (unpaired) electrons. The zero-order chi connectivity index (χ0) is 28.3. The fraction of sp³-hybridized carbons (Fsp3) is 0.467. The van der Waals surface area contributed by atoms with Crippen LogP contribution in [0.3, 0.4) is 0 Å². The van der Waals surface area contributed by atoms with Gasteiger partial charge in [0, 0.05) is 6.07 Å². The summed E-state index contributed by atoms with van der Waals surface area (Å²) in [4.78, 5) is 0. The van der Waals surface area contributed by atoms with Crippen LogP contribution in [-0.2, 0) is 12.5 Å². The van der Waals surface area contributed by atoms with Gasteiger partial charge in [-0.1, -0.05) is 64.4 Å². The highest BCUT2D eigenvalue weighted by atomic mass is 19.3. The third-order valence-corrected chi connectivity index (χ3v) is 7.72. The second-order valence-electron chi connectivity index (χ2n) is 10.4. The van der Waals surface area contributed by atoms with E-state index in [1.165, 1.54) is 25.7 Å². The van der Waals surface area contributed by atoms with Crippen molar-refractivity contribution in [2.24, 2.45) is 11.8 Å². The van der Waals surface area contributed by atoms with Gasteiger partial charge in [0.05, 0.1) is 5.39 Å². The normalized spacial score (nSPS) is 18.1. The van der Waals surface area contributed by atoms with E-state index in [-0.39, 0.29) is 12.0 Å². The Bertz CT molecular complexity index is 1310. The number of rotatable bonds is 10. The lowest BCUT2D eigenvalue weighted by Crippen LogP contribution is -2.24.